The van der Waals surface area contributed by atoms with Crippen LogP contribution in [0.25, 0.3) is 0 Å². The summed E-state index contributed by atoms with van der Waals surface area (Å²) in [4.78, 5) is 30.5. The Kier molecular flexibility index (Phi) is 6.95. The largest absolute Gasteiger partial charge is 0.442 e. The molecule has 32 heavy (non-hydrogen) atoms. The summed E-state index contributed by atoms with van der Waals surface area (Å²) in [6.07, 6.45) is 0.986. The number of carbonyl (C=O) groups is 2. The van der Waals surface area contributed by atoms with E-state index in [9.17, 15) is 14.0 Å². The highest BCUT2D eigenvalue weighted by atomic mass is 32.1. The third kappa shape index (κ3) is 5.21. The molecule has 9 heteroatoms. The lowest BCUT2D eigenvalue weighted by atomic mass is 10.0. The molecule has 1 aromatic heterocycles. The fraction of sp³-hybridized carbons (Fsp3) is 0.478. The molecule has 2 amide bonds. The van der Waals surface area contributed by atoms with Crippen molar-refractivity contribution in [2.75, 3.05) is 43.0 Å². The second-order valence-electron chi connectivity index (χ2n) is 8.40. The maximum absolute atomic E-state index is 15.0. The third-order valence-electron chi connectivity index (χ3n) is 6.11. The molecule has 7 nitrogen and oxygen atoms in total. The van der Waals surface area contributed by atoms with Crippen LogP contribution in [0.3, 0.4) is 0 Å². The Labute approximate surface area is 191 Å². The van der Waals surface area contributed by atoms with Gasteiger partial charge >= 0.3 is 6.09 Å². The highest BCUT2D eigenvalue weighted by molar-refractivity contribution is 7.09. The van der Waals surface area contributed by atoms with Gasteiger partial charge in [-0.05, 0) is 49.5 Å². The molecule has 1 atom stereocenters. The Balaban J connectivity index is 1.34. The lowest BCUT2D eigenvalue weighted by Gasteiger charge is -2.38. The first-order valence-electron chi connectivity index (χ1n) is 10.9. The number of cyclic esters (lactones) is 1. The predicted octanol–water partition coefficient (Wildman–Crippen LogP) is 3.45. The molecule has 2 saturated heterocycles. The van der Waals surface area contributed by atoms with Crippen LogP contribution in [0.2, 0.25) is 0 Å². The van der Waals surface area contributed by atoms with Crippen molar-refractivity contribution in [3.05, 3.63) is 46.4 Å². The summed E-state index contributed by atoms with van der Waals surface area (Å²) in [7, 11) is 2.16. The Bertz CT molecular complexity index is 947. The number of carbonyl (C=O) groups excluding carboxylic acids is 2. The number of thiophene rings is 1. The Hall–Kier alpha value is -2.65. The summed E-state index contributed by atoms with van der Waals surface area (Å²) in [6, 6.07) is 9.62. The molecule has 0 saturated carbocycles. The van der Waals surface area contributed by atoms with Gasteiger partial charge in [0.25, 0.3) is 0 Å². The number of halogens is 1. The van der Waals surface area contributed by atoms with Gasteiger partial charge in [0.15, 0.2) is 0 Å². The molecule has 2 aromatic rings. The van der Waals surface area contributed by atoms with E-state index in [-0.39, 0.29) is 24.8 Å². The fourth-order valence-corrected chi connectivity index (χ4v) is 5.11. The standard InChI is InChI=1S/C23H29FN4O3S/c1-16(29)25-13-19-14-28(23(30)31-19)18-5-6-22(21(24)12-18)27-9-7-17(8-10-27)26(2)15-20-4-3-11-32-20/h3-6,11-12,17,19H,7-10,13-15H2,1-2H3,(H,25,29)/t19-/m0/s1. The molecule has 3 heterocycles. The first-order valence-corrected chi connectivity index (χ1v) is 11.8. The van der Waals surface area contributed by atoms with Crippen LogP contribution in [0.1, 0.15) is 24.6 Å². The summed E-state index contributed by atoms with van der Waals surface area (Å²) in [5, 5.41) is 4.74. The van der Waals surface area contributed by atoms with E-state index in [1.807, 2.05) is 0 Å². The number of nitrogens with zero attached hydrogens (tertiary/aromatic N) is 3. The van der Waals surface area contributed by atoms with Gasteiger partial charge in [-0.3, -0.25) is 14.6 Å². The number of anilines is 2. The van der Waals surface area contributed by atoms with E-state index in [0.29, 0.717) is 17.4 Å². The number of rotatable bonds is 7. The smallest absolute Gasteiger partial charge is 0.414 e. The monoisotopic (exact) mass is 460 g/mol. The molecule has 1 N–H and O–H groups in total. The van der Waals surface area contributed by atoms with Crippen LogP contribution in [0, 0.1) is 5.82 Å². The van der Waals surface area contributed by atoms with Crippen molar-refractivity contribution in [1.82, 2.24) is 10.2 Å². The van der Waals surface area contributed by atoms with Gasteiger partial charge < -0.3 is 15.0 Å². The van der Waals surface area contributed by atoms with Gasteiger partial charge in [-0.25, -0.2) is 9.18 Å². The molecule has 0 bridgehead atoms. The minimum Gasteiger partial charge on any atom is -0.442 e. The number of piperidine rings is 1. The van der Waals surface area contributed by atoms with Gasteiger partial charge in [-0.1, -0.05) is 6.07 Å². The highest BCUT2D eigenvalue weighted by Crippen LogP contribution is 2.30. The average Bonchev–Trinajstić information content (AvgIpc) is 3.41. The minimum atomic E-state index is -0.526. The molecule has 0 radical (unpaired) electrons. The van der Waals surface area contributed by atoms with Gasteiger partial charge in [0.05, 0.1) is 24.5 Å². The predicted molar refractivity (Wildman–Crippen MR) is 124 cm³/mol. The van der Waals surface area contributed by atoms with E-state index in [2.05, 4.69) is 39.7 Å². The quantitative estimate of drug-likeness (QED) is 0.686. The molecule has 2 fully saturated rings. The van der Waals surface area contributed by atoms with Gasteiger partial charge in [-0.15, -0.1) is 11.3 Å². The van der Waals surface area contributed by atoms with Gasteiger partial charge in [-0.2, -0.15) is 0 Å². The summed E-state index contributed by atoms with van der Waals surface area (Å²) in [5.41, 5.74) is 1.03. The van der Waals surface area contributed by atoms with Gasteiger partial charge in [0.1, 0.15) is 11.9 Å². The number of amides is 2. The third-order valence-corrected chi connectivity index (χ3v) is 6.97. The van der Waals surface area contributed by atoms with E-state index >= 15 is 0 Å². The van der Waals surface area contributed by atoms with Crippen molar-refractivity contribution < 1.29 is 18.7 Å². The zero-order chi connectivity index (χ0) is 22.7. The lowest BCUT2D eigenvalue weighted by Crippen LogP contribution is -2.43. The molecule has 0 aliphatic carbocycles. The van der Waals surface area contributed by atoms with Gasteiger partial charge in [0.2, 0.25) is 5.91 Å². The number of benzene rings is 1. The molecule has 4 rings (SSSR count). The van der Waals surface area contributed by atoms with Crippen molar-refractivity contribution in [2.24, 2.45) is 0 Å². The molecule has 2 aliphatic rings. The Morgan fingerprint density at radius 1 is 1.31 bits per heavy atom. The van der Waals surface area contributed by atoms with E-state index in [1.165, 1.54) is 22.8 Å². The molecule has 172 valence electrons. The van der Waals surface area contributed by atoms with Crippen LogP contribution in [-0.4, -0.2) is 62.3 Å². The van der Waals surface area contributed by atoms with Crippen molar-refractivity contribution in [1.29, 1.82) is 0 Å². The molecule has 2 aliphatic heterocycles. The van der Waals surface area contributed by atoms with Crippen molar-refractivity contribution in [3.63, 3.8) is 0 Å². The number of hydrogen-bond donors (Lipinski definition) is 1. The molecule has 0 spiro atoms. The SMILES string of the molecule is CC(=O)NC[C@H]1CN(c2ccc(N3CCC(N(C)Cc4cccs4)CC3)c(F)c2)C(=O)O1. The maximum atomic E-state index is 15.0. The first kappa shape index (κ1) is 22.5. The zero-order valence-electron chi connectivity index (χ0n) is 18.4. The van der Waals surface area contributed by atoms with Crippen molar-refractivity contribution >= 4 is 34.7 Å². The number of ether oxygens (including phenoxy) is 1. The highest BCUT2D eigenvalue weighted by Gasteiger charge is 2.33. The normalized spacial score (nSPS) is 19.5. The van der Waals surface area contributed by atoms with Gasteiger partial charge in [0, 0.05) is 37.5 Å². The fourth-order valence-electron chi connectivity index (χ4n) is 4.34. The first-order chi connectivity index (χ1) is 15.4. The lowest BCUT2D eigenvalue weighted by molar-refractivity contribution is -0.119. The summed E-state index contributed by atoms with van der Waals surface area (Å²) in [6.45, 7) is 4.46. The maximum Gasteiger partial charge on any atom is 0.414 e. The van der Waals surface area contributed by atoms with Crippen LogP contribution >= 0.6 is 11.3 Å². The van der Waals surface area contributed by atoms with Crippen molar-refractivity contribution in [2.45, 2.75) is 38.5 Å². The van der Waals surface area contributed by atoms with Crippen LogP contribution in [-0.2, 0) is 16.1 Å². The van der Waals surface area contributed by atoms with Crippen LogP contribution < -0.4 is 15.1 Å². The summed E-state index contributed by atoms with van der Waals surface area (Å²) < 4.78 is 20.3. The Morgan fingerprint density at radius 3 is 2.75 bits per heavy atom. The van der Waals surface area contributed by atoms with E-state index in [1.54, 1.807) is 23.5 Å². The summed E-state index contributed by atoms with van der Waals surface area (Å²) >= 11 is 1.77. The van der Waals surface area contributed by atoms with Crippen LogP contribution in [0.15, 0.2) is 35.7 Å². The minimum absolute atomic E-state index is 0.184. The van der Waals surface area contributed by atoms with Crippen LogP contribution in [0.4, 0.5) is 20.6 Å². The summed E-state index contributed by atoms with van der Waals surface area (Å²) in [5.74, 6) is -0.526. The second kappa shape index (κ2) is 9.87. The molecule has 0 unspecified atom stereocenters. The van der Waals surface area contributed by atoms with E-state index < -0.39 is 12.2 Å². The topological polar surface area (TPSA) is 65.1 Å². The Morgan fingerprint density at radius 2 is 2.09 bits per heavy atom. The zero-order valence-corrected chi connectivity index (χ0v) is 19.2. The van der Waals surface area contributed by atoms with Crippen molar-refractivity contribution in [3.8, 4) is 0 Å². The second-order valence-corrected chi connectivity index (χ2v) is 9.43. The van der Waals surface area contributed by atoms with E-state index in [0.717, 1.165) is 32.5 Å². The number of hydrogen-bond acceptors (Lipinski definition) is 6. The van der Waals surface area contributed by atoms with Crippen LogP contribution in [0.5, 0.6) is 0 Å². The molecular weight excluding hydrogens is 431 g/mol. The average molecular weight is 461 g/mol. The molecular formula is C23H29FN4O3S. The molecule has 1 aromatic carbocycles. The van der Waals surface area contributed by atoms with E-state index in [4.69, 9.17) is 4.74 Å². The number of nitrogens with one attached hydrogen (secondary N) is 1.